The maximum absolute atomic E-state index is 12.3. The van der Waals surface area contributed by atoms with E-state index < -0.39 is 7.60 Å². The third-order valence-corrected chi connectivity index (χ3v) is 7.58. The van der Waals surface area contributed by atoms with Gasteiger partial charge >= 0.3 is 13.6 Å². The summed E-state index contributed by atoms with van der Waals surface area (Å²) < 4.78 is 27.9. The van der Waals surface area contributed by atoms with E-state index >= 15 is 0 Å². The lowest BCUT2D eigenvalue weighted by Gasteiger charge is -2.16. The molecule has 186 valence electrons. The van der Waals surface area contributed by atoms with Gasteiger partial charge in [-0.1, -0.05) is 103 Å². The summed E-state index contributed by atoms with van der Waals surface area (Å²) in [6.07, 6.45) is 21.4. The summed E-state index contributed by atoms with van der Waals surface area (Å²) in [5.41, 5.74) is 0. The lowest BCUT2D eigenvalue weighted by molar-refractivity contribution is -0.143. The quantitative estimate of drug-likeness (QED) is 0.0818. The van der Waals surface area contributed by atoms with Gasteiger partial charge in [-0.2, -0.15) is 0 Å². The van der Waals surface area contributed by atoms with Gasteiger partial charge in [-0.25, -0.2) is 0 Å². The molecule has 0 atom stereocenters. The van der Waals surface area contributed by atoms with Crippen LogP contribution in [0, 0.1) is 0 Å². The summed E-state index contributed by atoms with van der Waals surface area (Å²) >= 11 is 0. The van der Waals surface area contributed by atoms with Crippen molar-refractivity contribution in [2.75, 3.05) is 26.0 Å². The molecule has 0 heterocycles. The van der Waals surface area contributed by atoms with Crippen molar-refractivity contribution in [2.24, 2.45) is 0 Å². The maximum atomic E-state index is 12.3. The van der Waals surface area contributed by atoms with Crippen molar-refractivity contribution >= 4 is 13.6 Å². The van der Waals surface area contributed by atoms with Gasteiger partial charge in [0.15, 0.2) is 0 Å². The fourth-order valence-corrected chi connectivity index (χ4v) is 5.27. The van der Waals surface area contributed by atoms with Crippen LogP contribution < -0.4 is 0 Å². The van der Waals surface area contributed by atoms with E-state index in [2.05, 4.69) is 6.92 Å². The smallest absolute Gasteiger partial charge is 0.331 e. The van der Waals surface area contributed by atoms with Gasteiger partial charge in [0.25, 0.3) is 0 Å². The summed E-state index contributed by atoms with van der Waals surface area (Å²) in [4.78, 5) is 11.8. The third-order valence-electron chi connectivity index (χ3n) is 5.50. The van der Waals surface area contributed by atoms with Gasteiger partial charge in [0, 0.05) is 0 Å². The van der Waals surface area contributed by atoms with Gasteiger partial charge in [0.2, 0.25) is 0 Å². The molecule has 0 aliphatic carbocycles. The summed E-state index contributed by atoms with van der Waals surface area (Å²) in [6.45, 7) is 6.87. The van der Waals surface area contributed by atoms with E-state index in [4.69, 9.17) is 13.8 Å². The Morgan fingerprint density at radius 2 is 1.00 bits per heavy atom. The summed E-state index contributed by atoms with van der Waals surface area (Å²) in [5.74, 6) is -0.319. The number of carbonyl (C=O) groups is 1. The van der Waals surface area contributed by atoms with E-state index in [0.29, 0.717) is 19.8 Å². The Kier molecular flexibility index (Phi) is 22.5. The molecule has 0 amide bonds. The van der Waals surface area contributed by atoms with Crippen LogP contribution in [0.15, 0.2) is 0 Å². The summed E-state index contributed by atoms with van der Waals surface area (Å²) in [7, 11) is -3.15. The molecule has 0 unspecified atom stereocenters. The highest BCUT2D eigenvalue weighted by Gasteiger charge is 2.24. The Hall–Kier alpha value is -0.380. The van der Waals surface area contributed by atoms with Gasteiger partial charge < -0.3 is 13.8 Å². The second-order valence-electron chi connectivity index (χ2n) is 8.44. The Labute approximate surface area is 192 Å². The zero-order valence-electron chi connectivity index (χ0n) is 20.8. The average Bonchev–Trinajstić information content (AvgIpc) is 2.75. The minimum Gasteiger partial charge on any atom is -0.466 e. The number of hydrogen-bond acceptors (Lipinski definition) is 5. The number of hydrogen-bond donors (Lipinski definition) is 0. The highest BCUT2D eigenvalue weighted by molar-refractivity contribution is 7.53. The summed E-state index contributed by atoms with van der Waals surface area (Å²) in [5, 5.41) is 0. The highest BCUT2D eigenvalue weighted by atomic mass is 31.2. The molecule has 0 radical (unpaired) electrons. The van der Waals surface area contributed by atoms with E-state index in [1.165, 1.54) is 89.9 Å². The standard InChI is InChI=1S/C25H51O5P/c1-4-7-8-9-10-11-12-13-14-15-16-17-18-19-20-21-23-28-25(26)22-24-31(27,29-5-2)30-6-3/h4-24H2,1-3H3. The Morgan fingerprint density at radius 3 is 1.39 bits per heavy atom. The van der Waals surface area contributed by atoms with Gasteiger partial charge in [-0.3, -0.25) is 9.36 Å². The van der Waals surface area contributed by atoms with E-state index in [9.17, 15) is 9.36 Å². The molecule has 31 heavy (non-hydrogen) atoms. The van der Waals surface area contributed by atoms with Crippen molar-refractivity contribution in [3.05, 3.63) is 0 Å². The molecule has 0 aromatic heterocycles. The Morgan fingerprint density at radius 1 is 0.613 bits per heavy atom. The number of rotatable bonds is 24. The lowest BCUT2D eigenvalue weighted by Crippen LogP contribution is -2.10. The number of carbonyl (C=O) groups excluding carboxylic acids is 1. The van der Waals surface area contributed by atoms with E-state index in [-0.39, 0.29) is 18.6 Å². The zero-order valence-corrected chi connectivity index (χ0v) is 21.7. The molecule has 0 spiro atoms. The lowest BCUT2D eigenvalue weighted by atomic mass is 10.0. The van der Waals surface area contributed by atoms with Crippen LogP contribution in [0.25, 0.3) is 0 Å². The molecular formula is C25H51O5P. The molecule has 0 aromatic rings. The number of esters is 1. The fraction of sp³-hybridized carbons (Fsp3) is 0.960. The van der Waals surface area contributed by atoms with Crippen molar-refractivity contribution < 1.29 is 23.1 Å². The fourth-order valence-electron chi connectivity index (χ4n) is 3.70. The van der Waals surface area contributed by atoms with Gasteiger partial charge in [-0.15, -0.1) is 0 Å². The molecule has 0 rings (SSSR count). The molecule has 0 aromatic carbocycles. The van der Waals surface area contributed by atoms with Crippen LogP contribution in [-0.2, 0) is 23.1 Å². The van der Waals surface area contributed by atoms with E-state index in [1.54, 1.807) is 13.8 Å². The molecule has 0 aliphatic heterocycles. The molecule has 0 aliphatic rings. The highest BCUT2D eigenvalue weighted by Crippen LogP contribution is 2.48. The average molecular weight is 463 g/mol. The Bertz CT molecular complexity index is 432. The predicted octanol–water partition coefficient (Wildman–Crippen LogP) is 8.45. The zero-order chi connectivity index (χ0) is 23.0. The topological polar surface area (TPSA) is 61.8 Å². The molecule has 0 N–H and O–H groups in total. The van der Waals surface area contributed by atoms with E-state index in [1.807, 2.05) is 0 Å². The molecular weight excluding hydrogens is 411 g/mol. The molecule has 0 fully saturated rings. The monoisotopic (exact) mass is 462 g/mol. The predicted molar refractivity (Wildman–Crippen MR) is 131 cm³/mol. The first kappa shape index (κ1) is 30.6. The van der Waals surface area contributed by atoms with E-state index in [0.717, 1.165) is 12.8 Å². The second-order valence-corrected chi connectivity index (χ2v) is 10.6. The summed E-state index contributed by atoms with van der Waals surface area (Å²) in [6, 6.07) is 0. The van der Waals surface area contributed by atoms with Crippen molar-refractivity contribution in [1.82, 2.24) is 0 Å². The van der Waals surface area contributed by atoms with Gasteiger partial charge in [-0.05, 0) is 20.3 Å². The largest absolute Gasteiger partial charge is 0.466 e. The minimum atomic E-state index is -3.15. The maximum Gasteiger partial charge on any atom is 0.331 e. The molecule has 0 saturated carbocycles. The van der Waals surface area contributed by atoms with Crippen LogP contribution in [0.3, 0.4) is 0 Å². The SMILES string of the molecule is CCCCCCCCCCCCCCCCCCOC(=O)CCP(=O)(OCC)OCC. The number of ether oxygens (including phenoxy) is 1. The molecule has 5 nitrogen and oxygen atoms in total. The van der Waals surface area contributed by atoms with Crippen LogP contribution in [0.2, 0.25) is 0 Å². The van der Waals surface area contributed by atoms with Gasteiger partial charge in [0.1, 0.15) is 0 Å². The van der Waals surface area contributed by atoms with Crippen LogP contribution in [0.1, 0.15) is 130 Å². The molecule has 6 heteroatoms. The van der Waals surface area contributed by atoms with Crippen molar-refractivity contribution in [1.29, 1.82) is 0 Å². The first-order valence-electron chi connectivity index (χ1n) is 13.1. The first-order valence-corrected chi connectivity index (χ1v) is 14.8. The molecule has 0 bridgehead atoms. The van der Waals surface area contributed by atoms with Crippen molar-refractivity contribution in [3.8, 4) is 0 Å². The van der Waals surface area contributed by atoms with Gasteiger partial charge in [0.05, 0.1) is 32.4 Å². The normalized spacial score (nSPS) is 11.7. The number of unbranched alkanes of at least 4 members (excludes halogenated alkanes) is 15. The van der Waals surface area contributed by atoms with Crippen molar-refractivity contribution in [3.63, 3.8) is 0 Å². The molecule has 0 saturated heterocycles. The van der Waals surface area contributed by atoms with Crippen LogP contribution in [-0.4, -0.2) is 32.0 Å². The van der Waals surface area contributed by atoms with Crippen LogP contribution in [0.4, 0.5) is 0 Å². The second kappa shape index (κ2) is 22.8. The third kappa shape index (κ3) is 21.2. The Balaban J connectivity index is 3.37. The van der Waals surface area contributed by atoms with Crippen LogP contribution >= 0.6 is 7.60 Å². The van der Waals surface area contributed by atoms with Crippen LogP contribution in [0.5, 0.6) is 0 Å². The van der Waals surface area contributed by atoms with Crippen molar-refractivity contribution in [2.45, 2.75) is 130 Å². The minimum absolute atomic E-state index is 0.0795. The first-order chi connectivity index (χ1) is 15.1.